The van der Waals surface area contributed by atoms with Crippen LogP contribution in [-0.4, -0.2) is 106 Å². The van der Waals surface area contributed by atoms with Crippen molar-refractivity contribution >= 4 is 46.6 Å². The summed E-state index contributed by atoms with van der Waals surface area (Å²) < 4.78 is 50.4. The number of halogens is 2. The van der Waals surface area contributed by atoms with E-state index in [0.29, 0.717) is 73.4 Å². The Morgan fingerprint density at radius 1 is 1.00 bits per heavy atom. The van der Waals surface area contributed by atoms with Crippen LogP contribution >= 0.6 is 0 Å². The summed E-state index contributed by atoms with van der Waals surface area (Å²) in [6, 6.07) is 7.83. The molecule has 15 heteroatoms. The number of hydrogen-bond donors (Lipinski definition) is 1. The third-order valence-corrected chi connectivity index (χ3v) is 10.5. The quantitative estimate of drug-likeness (QED) is 0.274. The number of methoxy groups -OCH3 is 1. The van der Waals surface area contributed by atoms with Crippen LogP contribution in [0, 0.1) is 11.6 Å². The van der Waals surface area contributed by atoms with Gasteiger partial charge in [-0.1, -0.05) is 17.4 Å². The van der Waals surface area contributed by atoms with Crippen LogP contribution in [0.2, 0.25) is 0 Å². The Labute approximate surface area is 295 Å². The van der Waals surface area contributed by atoms with Gasteiger partial charge in [-0.2, -0.15) is 0 Å². The molecule has 4 aromatic rings. The summed E-state index contributed by atoms with van der Waals surface area (Å²) in [5.41, 5.74) is 1.45. The Kier molecular flexibility index (Phi) is 9.13. The molecule has 2 saturated heterocycles. The molecule has 3 aliphatic rings. The van der Waals surface area contributed by atoms with Crippen LogP contribution in [0.3, 0.4) is 0 Å². The normalized spacial score (nSPS) is 18.8. The number of hydrogen-bond acceptors (Lipinski definition) is 8. The van der Waals surface area contributed by atoms with E-state index in [-0.39, 0.29) is 41.8 Å². The number of aromatic amines is 1. The Bertz CT molecular complexity index is 1970. The molecule has 2 aromatic heterocycles. The first kappa shape index (κ1) is 34.7. The van der Waals surface area contributed by atoms with Gasteiger partial charge >= 0.3 is 7.12 Å². The maximum atomic E-state index is 16.7. The minimum atomic E-state index is -0.825. The van der Waals surface area contributed by atoms with Crippen LogP contribution in [0.4, 0.5) is 14.5 Å². The first-order chi connectivity index (χ1) is 24.3. The molecule has 268 valence electrons. The van der Waals surface area contributed by atoms with E-state index >= 15 is 4.39 Å². The van der Waals surface area contributed by atoms with E-state index < -0.39 is 24.1 Å². The molecule has 1 N–H and O–H groups in total. The van der Waals surface area contributed by atoms with Crippen molar-refractivity contribution in [2.75, 3.05) is 51.3 Å². The zero-order valence-electron chi connectivity index (χ0n) is 29.5. The number of fused-ring (bicyclic) bond motifs is 1. The second-order valence-corrected chi connectivity index (χ2v) is 14.2. The van der Waals surface area contributed by atoms with E-state index in [0.717, 1.165) is 5.69 Å². The molecule has 0 radical (unpaired) electrons. The fraction of sp³-hybridized carbons (Fsp3) is 0.444. The molecule has 12 nitrogen and oxygen atoms in total. The van der Waals surface area contributed by atoms with Crippen molar-refractivity contribution < 1.29 is 32.4 Å². The van der Waals surface area contributed by atoms with Gasteiger partial charge in [0.1, 0.15) is 17.3 Å². The van der Waals surface area contributed by atoms with E-state index in [1.807, 2.05) is 33.8 Å². The maximum absolute atomic E-state index is 16.7. The van der Waals surface area contributed by atoms with Crippen molar-refractivity contribution in [3.8, 4) is 5.75 Å². The fourth-order valence-corrected chi connectivity index (χ4v) is 6.91. The number of nitrogens with one attached hydrogen (secondary N) is 1. The van der Waals surface area contributed by atoms with Gasteiger partial charge in [0.05, 0.1) is 42.3 Å². The monoisotopic (exact) mass is 701 g/mol. The molecule has 2 fully saturated rings. The van der Waals surface area contributed by atoms with Crippen molar-refractivity contribution in [2.24, 2.45) is 0 Å². The molecule has 0 spiro atoms. The third-order valence-electron chi connectivity index (χ3n) is 10.5. The standard InChI is InChI=1S/C36H42BF2N7O5/c1-35(2)36(3,4)51-37(50-35)27-20-25(23-7-6-12-45(22-23)31(47)10-13-46-14-11-40-42-46)32(39)33-26(27)21-28(41-33)34(48)44-17-15-43(16-18-44)29-9-8-24(38)19-30(29)49-5/h7-9,11,14,19-21,41H,6,10,12-13,15-18,22H2,1-5H3. The molecule has 3 aliphatic heterocycles. The molecule has 2 amide bonds. The van der Waals surface area contributed by atoms with Crippen LogP contribution in [0.1, 0.15) is 56.6 Å². The molecule has 2 aromatic carbocycles. The number of H-pyrrole nitrogens is 1. The summed E-state index contributed by atoms with van der Waals surface area (Å²) in [5.74, 6) is -0.795. The van der Waals surface area contributed by atoms with Crippen molar-refractivity contribution in [3.05, 3.63) is 71.7 Å². The predicted molar refractivity (Wildman–Crippen MR) is 189 cm³/mol. The van der Waals surface area contributed by atoms with E-state index in [1.54, 1.807) is 45.1 Å². The number of carbonyl (C=O) groups is 2. The first-order valence-electron chi connectivity index (χ1n) is 17.2. The van der Waals surface area contributed by atoms with Crippen molar-refractivity contribution in [1.29, 1.82) is 0 Å². The lowest BCUT2D eigenvalue weighted by Gasteiger charge is -2.36. The first-order valence-corrected chi connectivity index (χ1v) is 17.2. The van der Waals surface area contributed by atoms with Gasteiger partial charge in [0.15, 0.2) is 5.82 Å². The number of benzene rings is 2. The van der Waals surface area contributed by atoms with Gasteiger partial charge in [0, 0.05) is 68.9 Å². The number of ether oxygens (including phenoxy) is 1. The molecule has 51 heavy (non-hydrogen) atoms. The lowest BCUT2D eigenvalue weighted by molar-refractivity contribution is -0.131. The van der Waals surface area contributed by atoms with Gasteiger partial charge in [-0.3, -0.25) is 14.3 Å². The van der Waals surface area contributed by atoms with Crippen molar-refractivity contribution in [1.82, 2.24) is 29.8 Å². The average molecular weight is 702 g/mol. The number of nitrogens with zero attached hydrogens (tertiary/aromatic N) is 6. The van der Waals surface area contributed by atoms with E-state index in [9.17, 15) is 14.0 Å². The zero-order chi connectivity index (χ0) is 36.1. The summed E-state index contributed by atoms with van der Waals surface area (Å²) in [7, 11) is 0.675. The molecule has 7 rings (SSSR count). The van der Waals surface area contributed by atoms with Gasteiger partial charge in [0.25, 0.3) is 5.91 Å². The fourth-order valence-electron chi connectivity index (χ4n) is 6.91. The number of piperazine rings is 1. The minimum Gasteiger partial charge on any atom is -0.494 e. The topological polar surface area (TPSA) is 118 Å². The Morgan fingerprint density at radius 3 is 2.43 bits per heavy atom. The highest BCUT2D eigenvalue weighted by Crippen LogP contribution is 2.38. The number of carbonyl (C=O) groups excluding carboxylic acids is 2. The second-order valence-electron chi connectivity index (χ2n) is 14.2. The number of aryl methyl sites for hydroxylation is 1. The van der Waals surface area contributed by atoms with Gasteiger partial charge in [-0.15, -0.1) is 5.10 Å². The van der Waals surface area contributed by atoms with E-state index in [2.05, 4.69) is 20.2 Å². The molecule has 0 saturated carbocycles. The van der Waals surface area contributed by atoms with Crippen LogP contribution in [0.5, 0.6) is 5.75 Å². The number of anilines is 1. The van der Waals surface area contributed by atoms with Crippen molar-refractivity contribution in [2.45, 2.75) is 58.3 Å². The summed E-state index contributed by atoms with van der Waals surface area (Å²) >= 11 is 0. The molecule has 0 atom stereocenters. The number of aromatic nitrogens is 4. The summed E-state index contributed by atoms with van der Waals surface area (Å²) in [4.78, 5) is 35.7. The molecule has 0 bridgehead atoms. The van der Waals surface area contributed by atoms with Crippen LogP contribution in [-0.2, 0) is 20.6 Å². The van der Waals surface area contributed by atoms with E-state index in [1.165, 1.54) is 19.2 Å². The lowest BCUT2D eigenvalue weighted by atomic mass is 9.75. The Balaban J connectivity index is 1.17. The second kappa shape index (κ2) is 13.4. The highest BCUT2D eigenvalue weighted by Gasteiger charge is 2.52. The van der Waals surface area contributed by atoms with E-state index in [4.69, 9.17) is 14.0 Å². The van der Waals surface area contributed by atoms with Crippen molar-refractivity contribution in [3.63, 3.8) is 0 Å². The zero-order valence-corrected chi connectivity index (χ0v) is 29.5. The van der Waals surface area contributed by atoms with Gasteiger partial charge in [-0.05, 0) is 63.4 Å². The summed E-state index contributed by atoms with van der Waals surface area (Å²) in [6.45, 7) is 10.8. The Morgan fingerprint density at radius 2 is 1.75 bits per heavy atom. The predicted octanol–water partition coefficient (Wildman–Crippen LogP) is 4.01. The number of rotatable bonds is 8. The average Bonchev–Trinajstić information content (AvgIpc) is 3.85. The Hall–Kier alpha value is -4.76. The van der Waals surface area contributed by atoms with Crippen LogP contribution in [0.15, 0.2) is 48.8 Å². The highest BCUT2D eigenvalue weighted by atomic mass is 19.1. The molecule has 5 heterocycles. The largest absolute Gasteiger partial charge is 0.495 e. The smallest absolute Gasteiger partial charge is 0.494 e. The lowest BCUT2D eigenvalue weighted by Crippen LogP contribution is -2.49. The highest BCUT2D eigenvalue weighted by molar-refractivity contribution is 6.65. The van der Waals surface area contributed by atoms with Gasteiger partial charge < -0.3 is 33.7 Å². The summed E-state index contributed by atoms with van der Waals surface area (Å²) in [5, 5.41) is 8.22. The molecule has 0 unspecified atom stereocenters. The third kappa shape index (κ3) is 6.60. The van der Waals surface area contributed by atoms with Gasteiger partial charge in [-0.25, -0.2) is 8.78 Å². The van der Waals surface area contributed by atoms with Crippen LogP contribution < -0.4 is 15.1 Å². The summed E-state index contributed by atoms with van der Waals surface area (Å²) in [6.07, 6.45) is 6.04. The van der Waals surface area contributed by atoms with Crippen LogP contribution in [0.25, 0.3) is 16.5 Å². The molecular weight excluding hydrogens is 659 g/mol. The maximum Gasteiger partial charge on any atom is 0.495 e. The SMILES string of the molecule is COc1cc(F)ccc1N1CCN(C(=O)c2cc3c(B4OC(C)(C)C(C)(C)O4)cc(C4=CCCN(C(=O)CCn5ccnn5)C4)c(F)c3[nH]2)CC1. The molecule has 0 aliphatic carbocycles. The van der Waals surface area contributed by atoms with Gasteiger partial charge in [0.2, 0.25) is 5.91 Å². The molecular formula is C36H42BF2N7O5. The number of amides is 2. The minimum absolute atomic E-state index is 0.0607.